The van der Waals surface area contributed by atoms with Crippen LogP contribution in [0.15, 0.2) is 30.3 Å². The molecule has 1 rings (SSSR count). The number of hydrogen-bond acceptors (Lipinski definition) is 4. The zero-order valence-electron chi connectivity index (χ0n) is 12.0. The van der Waals surface area contributed by atoms with Crippen molar-refractivity contribution in [1.29, 1.82) is 0 Å². The number of hydrogen-bond donors (Lipinski definition) is 2. The summed E-state index contributed by atoms with van der Waals surface area (Å²) in [4.78, 5) is 23.6. The van der Waals surface area contributed by atoms with Gasteiger partial charge in [0.2, 0.25) is 5.91 Å². The van der Waals surface area contributed by atoms with Crippen LogP contribution in [-0.2, 0) is 20.7 Å². The molecule has 0 saturated heterocycles. The Balaban J connectivity index is 2.59. The molecule has 1 amide bonds. The molecular formula is C16H20N2O3. The van der Waals surface area contributed by atoms with Crippen molar-refractivity contribution in [3.05, 3.63) is 35.9 Å². The van der Waals surface area contributed by atoms with Crippen molar-refractivity contribution in [2.24, 2.45) is 5.73 Å². The molecule has 1 aromatic rings. The molecule has 21 heavy (non-hydrogen) atoms. The Morgan fingerprint density at radius 3 is 2.62 bits per heavy atom. The van der Waals surface area contributed by atoms with Gasteiger partial charge in [-0.1, -0.05) is 30.3 Å². The Morgan fingerprint density at radius 1 is 1.38 bits per heavy atom. The minimum Gasteiger partial charge on any atom is -0.467 e. The van der Waals surface area contributed by atoms with Crippen molar-refractivity contribution in [2.75, 3.05) is 7.11 Å². The number of rotatable bonds is 7. The average molecular weight is 288 g/mol. The van der Waals surface area contributed by atoms with Gasteiger partial charge < -0.3 is 15.8 Å². The number of carbonyl (C=O) groups is 2. The third-order valence-electron chi connectivity index (χ3n) is 3.01. The lowest BCUT2D eigenvalue weighted by Gasteiger charge is -2.18. The molecule has 0 radical (unpaired) electrons. The number of nitrogens with two attached hydrogens (primary N) is 1. The van der Waals surface area contributed by atoms with Crippen molar-refractivity contribution >= 4 is 11.9 Å². The molecule has 5 heteroatoms. The Labute approximate surface area is 124 Å². The fourth-order valence-corrected chi connectivity index (χ4v) is 1.86. The van der Waals surface area contributed by atoms with Gasteiger partial charge in [-0.05, 0) is 18.4 Å². The number of methoxy groups -OCH3 is 1. The first-order chi connectivity index (χ1) is 10.1. The van der Waals surface area contributed by atoms with E-state index in [4.69, 9.17) is 12.2 Å². The lowest BCUT2D eigenvalue weighted by Crippen LogP contribution is -2.49. The van der Waals surface area contributed by atoms with Gasteiger partial charge in [-0.2, -0.15) is 0 Å². The summed E-state index contributed by atoms with van der Waals surface area (Å²) in [6.07, 6.45) is 6.27. The monoisotopic (exact) mass is 288 g/mol. The van der Waals surface area contributed by atoms with Crippen molar-refractivity contribution in [2.45, 2.75) is 31.3 Å². The molecule has 5 nitrogen and oxygen atoms in total. The van der Waals surface area contributed by atoms with Gasteiger partial charge in [-0.3, -0.25) is 4.79 Å². The minimum atomic E-state index is -0.764. The third kappa shape index (κ3) is 5.67. The van der Waals surface area contributed by atoms with E-state index >= 15 is 0 Å². The SMILES string of the molecule is C#CCC[C@H](NC(=O)C(N)Cc1ccccc1)C(=O)OC. The summed E-state index contributed by atoms with van der Waals surface area (Å²) in [5.41, 5.74) is 6.82. The normalized spacial score (nSPS) is 12.8. The van der Waals surface area contributed by atoms with Crippen molar-refractivity contribution in [3.8, 4) is 12.3 Å². The summed E-state index contributed by atoms with van der Waals surface area (Å²) in [7, 11) is 1.27. The number of terminal acetylenes is 1. The van der Waals surface area contributed by atoms with Crippen LogP contribution in [0.5, 0.6) is 0 Å². The maximum absolute atomic E-state index is 12.0. The Hall–Kier alpha value is -2.32. The van der Waals surface area contributed by atoms with Gasteiger partial charge in [0.15, 0.2) is 0 Å². The number of amides is 1. The number of carbonyl (C=O) groups excluding carboxylic acids is 2. The van der Waals surface area contributed by atoms with E-state index in [1.807, 2.05) is 30.3 Å². The minimum absolute atomic E-state index is 0.326. The topological polar surface area (TPSA) is 81.4 Å². The fourth-order valence-electron chi connectivity index (χ4n) is 1.86. The highest BCUT2D eigenvalue weighted by atomic mass is 16.5. The zero-order chi connectivity index (χ0) is 15.7. The summed E-state index contributed by atoms with van der Waals surface area (Å²) in [5, 5.41) is 2.59. The second-order valence-electron chi connectivity index (χ2n) is 4.62. The molecule has 0 fully saturated rings. The first kappa shape index (κ1) is 16.7. The fraction of sp³-hybridized carbons (Fsp3) is 0.375. The first-order valence-electron chi connectivity index (χ1n) is 6.69. The molecule has 0 spiro atoms. The van der Waals surface area contributed by atoms with Crippen molar-refractivity contribution in [3.63, 3.8) is 0 Å². The van der Waals surface area contributed by atoms with E-state index in [1.165, 1.54) is 7.11 Å². The Bertz CT molecular complexity index is 508. The van der Waals surface area contributed by atoms with E-state index in [0.717, 1.165) is 5.56 Å². The van der Waals surface area contributed by atoms with Gasteiger partial charge >= 0.3 is 5.97 Å². The van der Waals surface area contributed by atoms with Crippen molar-refractivity contribution in [1.82, 2.24) is 5.32 Å². The molecular weight excluding hydrogens is 268 g/mol. The molecule has 0 aromatic heterocycles. The van der Waals surface area contributed by atoms with Gasteiger partial charge in [-0.15, -0.1) is 12.3 Å². The predicted molar refractivity (Wildman–Crippen MR) is 80.1 cm³/mol. The number of nitrogens with one attached hydrogen (secondary N) is 1. The van der Waals surface area contributed by atoms with Gasteiger partial charge in [-0.25, -0.2) is 4.79 Å². The van der Waals surface area contributed by atoms with Crippen LogP contribution in [0.1, 0.15) is 18.4 Å². The van der Waals surface area contributed by atoms with Gasteiger partial charge in [0, 0.05) is 6.42 Å². The largest absolute Gasteiger partial charge is 0.467 e. The van der Waals surface area contributed by atoms with Gasteiger partial charge in [0.05, 0.1) is 13.2 Å². The van der Waals surface area contributed by atoms with Crippen LogP contribution >= 0.6 is 0 Å². The maximum atomic E-state index is 12.0. The molecule has 0 heterocycles. The molecule has 0 saturated carbocycles. The molecule has 0 bridgehead atoms. The Kier molecular flexibility index (Phi) is 6.99. The summed E-state index contributed by atoms with van der Waals surface area (Å²) in [5.74, 6) is 1.51. The average Bonchev–Trinajstić information content (AvgIpc) is 2.51. The third-order valence-corrected chi connectivity index (χ3v) is 3.01. The second kappa shape index (κ2) is 8.77. The molecule has 112 valence electrons. The van der Waals surface area contributed by atoms with Crippen LogP contribution in [0.4, 0.5) is 0 Å². The zero-order valence-corrected chi connectivity index (χ0v) is 12.0. The lowest BCUT2D eigenvalue weighted by molar-refractivity contribution is -0.145. The lowest BCUT2D eigenvalue weighted by atomic mass is 10.1. The molecule has 1 unspecified atom stereocenters. The van der Waals surface area contributed by atoms with E-state index in [0.29, 0.717) is 19.3 Å². The second-order valence-corrected chi connectivity index (χ2v) is 4.62. The maximum Gasteiger partial charge on any atom is 0.328 e. The van der Waals surface area contributed by atoms with E-state index in [9.17, 15) is 9.59 Å². The van der Waals surface area contributed by atoms with Crippen LogP contribution in [0.3, 0.4) is 0 Å². The van der Waals surface area contributed by atoms with Gasteiger partial charge in [0.1, 0.15) is 6.04 Å². The highest BCUT2D eigenvalue weighted by Crippen LogP contribution is 2.04. The van der Waals surface area contributed by atoms with E-state index in [1.54, 1.807) is 0 Å². The quantitative estimate of drug-likeness (QED) is 0.569. The molecule has 3 N–H and O–H groups in total. The number of ether oxygens (including phenoxy) is 1. The van der Waals surface area contributed by atoms with Crippen LogP contribution < -0.4 is 11.1 Å². The molecule has 2 atom stereocenters. The number of esters is 1. The van der Waals surface area contributed by atoms with Crippen molar-refractivity contribution < 1.29 is 14.3 Å². The summed E-state index contributed by atoms with van der Waals surface area (Å²) >= 11 is 0. The van der Waals surface area contributed by atoms with Crippen LogP contribution in [-0.4, -0.2) is 31.1 Å². The number of benzene rings is 1. The highest BCUT2D eigenvalue weighted by molar-refractivity contribution is 5.87. The smallest absolute Gasteiger partial charge is 0.328 e. The van der Waals surface area contributed by atoms with E-state index in [2.05, 4.69) is 16.0 Å². The van der Waals surface area contributed by atoms with E-state index < -0.39 is 24.0 Å². The summed E-state index contributed by atoms with van der Waals surface area (Å²) in [6, 6.07) is 7.94. The van der Waals surface area contributed by atoms with Gasteiger partial charge in [0.25, 0.3) is 0 Å². The first-order valence-corrected chi connectivity index (χ1v) is 6.69. The Morgan fingerprint density at radius 2 is 2.05 bits per heavy atom. The van der Waals surface area contributed by atoms with Crippen LogP contribution in [0.2, 0.25) is 0 Å². The van der Waals surface area contributed by atoms with Crippen LogP contribution in [0, 0.1) is 12.3 Å². The summed E-state index contributed by atoms with van der Waals surface area (Å²) < 4.78 is 4.65. The standard InChI is InChI=1S/C16H20N2O3/c1-3-4-10-14(16(20)21-2)18-15(19)13(17)11-12-8-6-5-7-9-12/h1,5-9,13-14H,4,10-11,17H2,2H3,(H,18,19)/t13?,14-/m0/s1. The molecule has 0 aliphatic carbocycles. The molecule has 1 aromatic carbocycles. The molecule has 0 aliphatic rings. The van der Waals surface area contributed by atoms with E-state index in [-0.39, 0.29) is 0 Å². The summed E-state index contributed by atoms with van der Waals surface area (Å²) in [6.45, 7) is 0. The highest BCUT2D eigenvalue weighted by Gasteiger charge is 2.23. The van der Waals surface area contributed by atoms with Crippen LogP contribution in [0.25, 0.3) is 0 Å². The predicted octanol–water partition coefficient (Wildman–Crippen LogP) is 0.628. The molecule has 0 aliphatic heterocycles.